The largest absolute Gasteiger partial charge is 0.478 e. The lowest BCUT2D eigenvalue weighted by Crippen LogP contribution is -1.96. The zero-order chi connectivity index (χ0) is 8.43. The Balaban J connectivity index is 0.00000121. The number of aromatic carboxylic acids is 1. The van der Waals surface area contributed by atoms with E-state index in [1.54, 1.807) is 12.1 Å². The van der Waals surface area contributed by atoms with E-state index in [0.29, 0.717) is 5.56 Å². The summed E-state index contributed by atoms with van der Waals surface area (Å²) in [5.41, 5.74) is 2.49. The summed E-state index contributed by atoms with van der Waals surface area (Å²) in [7, 11) is 0. The SMILES string of the molecule is Cc1ccc(C(=O)O)cc1C.[AlH3]. The third kappa shape index (κ3) is 2.37. The molecule has 0 radical (unpaired) electrons. The van der Waals surface area contributed by atoms with E-state index in [4.69, 9.17) is 5.11 Å². The number of benzene rings is 1. The molecule has 0 aliphatic heterocycles. The van der Waals surface area contributed by atoms with Crippen molar-refractivity contribution in [1.82, 2.24) is 0 Å². The second-order valence-electron chi connectivity index (χ2n) is 2.60. The molecule has 1 aromatic rings. The Morgan fingerprint density at radius 2 is 1.83 bits per heavy atom. The number of carboxylic acids is 1. The molecular formula is C9H13AlO2. The molecule has 0 aromatic heterocycles. The highest BCUT2D eigenvalue weighted by Crippen LogP contribution is 2.09. The first-order valence-corrected chi connectivity index (χ1v) is 3.42. The van der Waals surface area contributed by atoms with E-state index in [1.807, 2.05) is 19.9 Å². The lowest BCUT2D eigenvalue weighted by Gasteiger charge is -1.99. The van der Waals surface area contributed by atoms with Crippen LogP contribution in [0.4, 0.5) is 0 Å². The average Bonchev–Trinajstić information content (AvgIpc) is 1.94. The molecule has 2 nitrogen and oxygen atoms in total. The van der Waals surface area contributed by atoms with Crippen LogP contribution >= 0.6 is 0 Å². The molecule has 0 unspecified atom stereocenters. The van der Waals surface area contributed by atoms with Crippen molar-refractivity contribution in [2.45, 2.75) is 13.8 Å². The standard InChI is InChI=1S/C9H10O2.Al.3H/c1-6-3-4-8(9(10)11)5-7(6)2;;;;/h3-5H,1-2H3,(H,10,11);;;;. The molecule has 1 rings (SSSR count). The first-order chi connectivity index (χ1) is 5.11. The molecule has 0 saturated heterocycles. The van der Waals surface area contributed by atoms with Crippen molar-refractivity contribution in [3.05, 3.63) is 34.9 Å². The van der Waals surface area contributed by atoms with Gasteiger partial charge in [-0.25, -0.2) is 4.79 Å². The number of aryl methyl sites for hydroxylation is 2. The van der Waals surface area contributed by atoms with Crippen molar-refractivity contribution in [2.75, 3.05) is 0 Å². The minimum Gasteiger partial charge on any atom is -0.478 e. The molecule has 1 aromatic carbocycles. The van der Waals surface area contributed by atoms with Crippen molar-refractivity contribution in [2.24, 2.45) is 0 Å². The third-order valence-electron chi connectivity index (χ3n) is 1.75. The molecule has 0 heterocycles. The molecule has 0 fully saturated rings. The van der Waals surface area contributed by atoms with Crippen LogP contribution in [0.1, 0.15) is 21.5 Å². The van der Waals surface area contributed by atoms with E-state index in [1.165, 1.54) is 0 Å². The number of rotatable bonds is 1. The van der Waals surface area contributed by atoms with Gasteiger partial charge in [0.15, 0.2) is 17.4 Å². The van der Waals surface area contributed by atoms with Crippen molar-refractivity contribution < 1.29 is 9.90 Å². The van der Waals surface area contributed by atoms with Gasteiger partial charge in [0.1, 0.15) is 0 Å². The van der Waals surface area contributed by atoms with Crippen LogP contribution in [-0.2, 0) is 0 Å². The Labute approximate surface area is 82.4 Å². The monoisotopic (exact) mass is 180 g/mol. The summed E-state index contributed by atoms with van der Waals surface area (Å²) in [6.45, 7) is 3.86. The maximum atomic E-state index is 10.5. The number of hydrogen-bond donors (Lipinski definition) is 1. The topological polar surface area (TPSA) is 37.3 Å². The van der Waals surface area contributed by atoms with E-state index in [9.17, 15) is 4.79 Å². The summed E-state index contributed by atoms with van der Waals surface area (Å²) >= 11 is 0. The summed E-state index contributed by atoms with van der Waals surface area (Å²) < 4.78 is 0. The van der Waals surface area contributed by atoms with Gasteiger partial charge in [0.2, 0.25) is 0 Å². The lowest BCUT2D eigenvalue weighted by atomic mass is 10.1. The molecule has 64 valence electrons. The molecular weight excluding hydrogens is 167 g/mol. The van der Waals surface area contributed by atoms with Crippen LogP contribution in [0.15, 0.2) is 18.2 Å². The Hall–Kier alpha value is -0.778. The van der Waals surface area contributed by atoms with E-state index in [0.717, 1.165) is 11.1 Å². The van der Waals surface area contributed by atoms with Gasteiger partial charge in [0.05, 0.1) is 5.56 Å². The Morgan fingerprint density at radius 1 is 1.25 bits per heavy atom. The van der Waals surface area contributed by atoms with E-state index < -0.39 is 5.97 Å². The molecule has 0 amide bonds. The van der Waals surface area contributed by atoms with Crippen molar-refractivity contribution in [3.8, 4) is 0 Å². The van der Waals surface area contributed by atoms with Gasteiger partial charge in [-0.05, 0) is 37.1 Å². The van der Waals surface area contributed by atoms with Gasteiger partial charge in [0, 0.05) is 0 Å². The molecule has 0 aliphatic carbocycles. The van der Waals surface area contributed by atoms with Gasteiger partial charge in [-0.1, -0.05) is 6.07 Å². The summed E-state index contributed by atoms with van der Waals surface area (Å²) in [6, 6.07) is 5.11. The minimum atomic E-state index is -0.867. The second-order valence-corrected chi connectivity index (χ2v) is 2.60. The maximum absolute atomic E-state index is 10.5. The third-order valence-corrected chi connectivity index (χ3v) is 1.75. The van der Waals surface area contributed by atoms with Gasteiger partial charge in [-0.2, -0.15) is 0 Å². The summed E-state index contributed by atoms with van der Waals surface area (Å²) in [5.74, 6) is -0.867. The highest BCUT2D eigenvalue weighted by Gasteiger charge is 2.02. The van der Waals surface area contributed by atoms with Crippen LogP contribution in [0.5, 0.6) is 0 Å². The number of hydrogen-bond acceptors (Lipinski definition) is 1. The van der Waals surface area contributed by atoms with Crippen LogP contribution in [0.25, 0.3) is 0 Å². The smallest absolute Gasteiger partial charge is 0.335 e. The summed E-state index contributed by atoms with van der Waals surface area (Å²) in [6.07, 6.45) is 0. The van der Waals surface area contributed by atoms with Gasteiger partial charge < -0.3 is 5.11 Å². The Morgan fingerprint density at radius 3 is 2.25 bits per heavy atom. The molecule has 12 heavy (non-hydrogen) atoms. The fourth-order valence-corrected chi connectivity index (χ4v) is 0.874. The first-order valence-electron chi connectivity index (χ1n) is 3.42. The zero-order valence-electron chi connectivity index (χ0n) is 6.59. The maximum Gasteiger partial charge on any atom is 0.335 e. The first kappa shape index (κ1) is 11.2. The quantitative estimate of drug-likeness (QED) is 0.649. The fourth-order valence-electron chi connectivity index (χ4n) is 0.874. The summed E-state index contributed by atoms with van der Waals surface area (Å²) in [4.78, 5) is 10.5. The molecule has 3 heteroatoms. The fraction of sp³-hybridized carbons (Fsp3) is 0.222. The molecule has 0 aliphatic rings. The highest BCUT2D eigenvalue weighted by atomic mass is 27.0. The predicted molar refractivity (Wildman–Crippen MR) is 52.8 cm³/mol. The van der Waals surface area contributed by atoms with E-state index >= 15 is 0 Å². The molecule has 0 atom stereocenters. The summed E-state index contributed by atoms with van der Waals surface area (Å²) in [5, 5.41) is 8.60. The Bertz CT molecular complexity index is 295. The van der Waals surface area contributed by atoms with E-state index in [2.05, 4.69) is 0 Å². The second kappa shape index (κ2) is 4.30. The predicted octanol–water partition coefficient (Wildman–Crippen LogP) is 0.818. The molecule has 0 bridgehead atoms. The highest BCUT2D eigenvalue weighted by molar-refractivity contribution is 5.87. The average molecular weight is 180 g/mol. The van der Waals surface area contributed by atoms with Crippen LogP contribution in [-0.4, -0.2) is 28.4 Å². The zero-order valence-corrected chi connectivity index (χ0v) is 6.59. The van der Waals surface area contributed by atoms with Gasteiger partial charge >= 0.3 is 5.97 Å². The van der Waals surface area contributed by atoms with Gasteiger partial charge in [-0.15, -0.1) is 0 Å². The van der Waals surface area contributed by atoms with Crippen LogP contribution in [0.3, 0.4) is 0 Å². The molecule has 0 spiro atoms. The van der Waals surface area contributed by atoms with E-state index in [-0.39, 0.29) is 17.4 Å². The normalized spacial score (nSPS) is 8.83. The number of carboxylic acid groups (broad SMARTS) is 1. The Kier molecular flexibility index (Phi) is 4.02. The van der Waals surface area contributed by atoms with Crippen LogP contribution in [0, 0.1) is 13.8 Å². The lowest BCUT2D eigenvalue weighted by molar-refractivity contribution is 0.0697. The van der Waals surface area contributed by atoms with Crippen LogP contribution < -0.4 is 0 Å². The minimum absolute atomic E-state index is 0. The number of carbonyl (C=O) groups is 1. The van der Waals surface area contributed by atoms with Crippen LogP contribution in [0.2, 0.25) is 0 Å². The van der Waals surface area contributed by atoms with Gasteiger partial charge in [-0.3, -0.25) is 0 Å². The van der Waals surface area contributed by atoms with Crippen molar-refractivity contribution >= 4 is 23.3 Å². The molecule has 0 saturated carbocycles. The van der Waals surface area contributed by atoms with Gasteiger partial charge in [0.25, 0.3) is 0 Å². The van der Waals surface area contributed by atoms with Crippen molar-refractivity contribution in [3.63, 3.8) is 0 Å². The van der Waals surface area contributed by atoms with Crippen molar-refractivity contribution in [1.29, 1.82) is 0 Å². The molecule has 1 N–H and O–H groups in total.